The molecule has 1 aromatic rings. The van der Waals surface area contributed by atoms with Crippen molar-refractivity contribution < 1.29 is 14.4 Å². The van der Waals surface area contributed by atoms with Gasteiger partial charge in [0.15, 0.2) is 0 Å². The predicted octanol–water partition coefficient (Wildman–Crippen LogP) is 6.00. The van der Waals surface area contributed by atoms with Crippen LogP contribution in [0.4, 0.5) is 0 Å². The fourth-order valence-corrected chi connectivity index (χ4v) is 3.66. The highest BCUT2D eigenvalue weighted by Crippen LogP contribution is 2.17. The van der Waals surface area contributed by atoms with Gasteiger partial charge in [-0.3, -0.25) is 4.79 Å². The highest BCUT2D eigenvalue weighted by atomic mass is 16.6. The van der Waals surface area contributed by atoms with Crippen molar-refractivity contribution in [3.63, 3.8) is 0 Å². The summed E-state index contributed by atoms with van der Waals surface area (Å²) in [4.78, 5) is 17.4. The van der Waals surface area contributed by atoms with Gasteiger partial charge in [0.25, 0.3) is 0 Å². The van der Waals surface area contributed by atoms with E-state index in [0.29, 0.717) is 18.9 Å². The SMILES string of the molecule is C=C(CNC(=O)COCCNC)O/N=C(/c1ccc(CCCCCCCCCC)cc1)C(C)CC. The Balaban J connectivity index is 2.48. The van der Waals surface area contributed by atoms with Crippen LogP contribution in [0.2, 0.25) is 0 Å². The van der Waals surface area contributed by atoms with Crippen LogP contribution in [-0.4, -0.2) is 45.0 Å². The van der Waals surface area contributed by atoms with Gasteiger partial charge < -0.3 is 20.2 Å². The second-order valence-electron chi connectivity index (χ2n) is 9.27. The minimum atomic E-state index is -0.205. The van der Waals surface area contributed by atoms with E-state index < -0.39 is 0 Å². The first-order valence-electron chi connectivity index (χ1n) is 13.5. The summed E-state index contributed by atoms with van der Waals surface area (Å²) < 4.78 is 5.26. The van der Waals surface area contributed by atoms with Gasteiger partial charge in [0.2, 0.25) is 5.91 Å². The predicted molar refractivity (Wildman–Crippen MR) is 147 cm³/mol. The maximum atomic E-state index is 11.8. The number of aryl methyl sites for hydroxylation is 1. The number of benzene rings is 1. The van der Waals surface area contributed by atoms with Crippen molar-refractivity contribution in [3.8, 4) is 0 Å². The van der Waals surface area contributed by atoms with Crippen molar-refractivity contribution in [3.05, 3.63) is 47.7 Å². The molecule has 1 rings (SSSR count). The minimum Gasteiger partial charge on any atom is -0.370 e. The molecule has 0 heterocycles. The zero-order valence-corrected chi connectivity index (χ0v) is 22.7. The number of amides is 1. The molecule has 1 atom stereocenters. The molecule has 35 heavy (non-hydrogen) atoms. The van der Waals surface area contributed by atoms with Gasteiger partial charge in [0.1, 0.15) is 12.4 Å². The maximum Gasteiger partial charge on any atom is 0.246 e. The summed E-state index contributed by atoms with van der Waals surface area (Å²) in [5.74, 6) is 0.432. The Bertz CT molecular complexity index is 731. The van der Waals surface area contributed by atoms with Crippen LogP contribution >= 0.6 is 0 Å². The van der Waals surface area contributed by atoms with Gasteiger partial charge in [0.05, 0.1) is 18.9 Å². The van der Waals surface area contributed by atoms with Crippen molar-refractivity contribution in [2.45, 2.75) is 85.0 Å². The molecule has 0 saturated heterocycles. The summed E-state index contributed by atoms with van der Waals surface area (Å²) in [5, 5.41) is 10.1. The molecule has 0 bridgehead atoms. The Morgan fingerprint density at radius 3 is 2.31 bits per heavy atom. The Labute approximate surface area is 213 Å². The first-order valence-corrected chi connectivity index (χ1v) is 13.5. The van der Waals surface area contributed by atoms with E-state index in [1.54, 1.807) is 0 Å². The molecule has 2 N–H and O–H groups in total. The van der Waals surface area contributed by atoms with E-state index in [1.165, 1.54) is 56.9 Å². The van der Waals surface area contributed by atoms with Crippen LogP contribution in [0.3, 0.4) is 0 Å². The number of likely N-dealkylation sites (N-methyl/N-ethyl adjacent to an activating group) is 1. The van der Waals surface area contributed by atoms with Gasteiger partial charge in [-0.05, 0) is 37.4 Å². The number of ether oxygens (including phenoxy) is 1. The average Bonchev–Trinajstić information content (AvgIpc) is 2.87. The molecule has 0 saturated carbocycles. The standard InChI is InChI=1S/C29H49N3O3/c1-6-8-9-10-11-12-13-14-15-26-16-18-27(19-17-26)29(24(3)7-2)32-35-25(4)22-31-28(33)23-34-21-20-30-5/h16-19,24,30H,4,6-15,20-23H2,1-3,5H3,(H,31,33)/b32-29+. The molecule has 6 heteroatoms. The van der Waals surface area contributed by atoms with Crippen LogP contribution in [0.1, 0.15) is 89.7 Å². The number of carbonyl (C=O) groups is 1. The first kappa shape index (κ1) is 30.9. The third-order valence-corrected chi connectivity index (χ3v) is 6.13. The number of rotatable bonds is 21. The van der Waals surface area contributed by atoms with E-state index in [4.69, 9.17) is 9.57 Å². The molecule has 0 aliphatic carbocycles. The van der Waals surface area contributed by atoms with Gasteiger partial charge in [0, 0.05) is 12.5 Å². The summed E-state index contributed by atoms with van der Waals surface area (Å²) in [7, 11) is 1.84. The van der Waals surface area contributed by atoms with E-state index in [1.807, 2.05) is 7.05 Å². The summed E-state index contributed by atoms with van der Waals surface area (Å²) in [5.41, 5.74) is 3.33. The van der Waals surface area contributed by atoms with Crippen molar-refractivity contribution in [2.24, 2.45) is 11.1 Å². The van der Waals surface area contributed by atoms with E-state index in [9.17, 15) is 4.79 Å². The second-order valence-corrected chi connectivity index (χ2v) is 9.27. The fourth-order valence-electron chi connectivity index (χ4n) is 3.66. The van der Waals surface area contributed by atoms with Gasteiger partial charge in [-0.1, -0.05) is 102 Å². The Kier molecular flexibility index (Phi) is 17.7. The van der Waals surface area contributed by atoms with Crippen LogP contribution in [0.25, 0.3) is 0 Å². The van der Waals surface area contributed by atoms with Crippen molar-refractivity contribution in [2.75, 3.05) is 33.4 Å². The molecule has 198 valence electrons. The van der Waals surface area contributed by atoms with Gasteiger partial charge in [-0.15, -0.1) is 0 Å². The lowest BCUT2D eigenvalue weighted by Gasteiger charge is -2.14. The van der Waals surface area contributed by atoms with E-state index in [2.05, 4.69) is 67.4 Å². The maximum absolute atomic E-state index is 11.8. The second kappa shape index (κ2) is 20.1. The van der Waals surface area contributed by atoms with Crippen molar-refractivity contribution in [1.82, 2.24) is 10.6 Å². The highest BCUT2D eigenvalue weighted by Gasteiger charge is 2.13. The Morgan fingerprint density at radius 2 is 1.69 bits per heavy atom. The molecular formula is C29H49N3O3. The first-order chi connectivity index (χ1) is 17.0. The number of nitrogens with zero attached hydrogens (tertiary/aromatic N) is 1. The van der Waals surface area contributed by atoms with E-state index in [-0.39, 0.29) is 25.0 Å². The number of carbonyl (C=O) groups excluding carboxylic acids is 1. The molecule has 0 fully saturated rings. The fraction of sp³-hybridized carbons (Fsp3) is 0.655. The van der Waals surface area contributed by atoms with Gasteiger partial charge >= 0.3 is 0 Å². The molecule has 0 aliphatic heterocycles. The molecule has 1 amide bonds. The quantitative estimate of drug-likeness (QED) is 0.0965. The molecule has 0 spiro atoms. The molecule has 0 radical (unpaired) electrons. The monoisotopic (exact) mass is 487 g/mol. The van der Waals surface area contributed by atoms with E-state index in [0.717, 1.165) is 24.1 Å². The van der Waals surface area contributed by atoms with E-state index >= 15 is 0 Å². The molecule has 0 aliphatic rings. The zero-order chi connectivity index (χ0) is 25.7. The summed E-state index contributed by atoms with van der Waals surface area (Å²) >= 11 is 0. The van der Waals surface area contributed by atoms with Crippen molar-refractivity contribution >= 4 is 11.6 Å². The van der Waals surface area contributed by atoms with Crippen LogP contribution < -0.4 is 10.6 Å². The average molecular weight is 488 g/mol. The van der Waals surface area contributed by atoms with Gasteiger partial charge in [-0.2, -0.15) is 0 Å². The lowest BCUT2D eigenvalue weighted by Crippen LogP contribution is -2.30. The number of hydrogen-bond acceptors (Lipinski definition) is 5. The van der Waals surface area contributed by atoms with Crippen LogP contribution in [0, 0.1) is 5.92 Å². The lowest BCUT2D eigenvalue weighted by molar-refractivity contribution is -0.125. The third kappa shape index (κ3) is 14.7. The number of hydrogen-bond donors (Lipinski definition) is 2. The van der Waals surface area contributed by atoms with Gasteiger partial charge in [-0.25, -0.2) is 0 Å². The highest BCUT2D eigenvalue weighted by molar-refractivity contribution is 6.01. The molecule has 0 aromatic heterocycles. The number of nitrogens with one attached hydrogen (secondary N) is 2. The van der Waals surface area contributed by atoms with Crippen LogP contribution in [0.15, 0.2) is 41.8 Å². The zero-order valence-electron chi connectivity index (χ0n) is 22.7. The number of unbranched alkanes of at least 4 members (excludes halogenated alkanes) is 7. The Hall–Kier alpha value is -2.18. The molecule has 6 nitrogen and oxygen atoms in total. The topological polar surface area (TPSA) is 72.0 Å². The molecular weight excluding hydrogens is 438 g/mol. The molecule has 1 aromatic carbocycles. The van der Waals surface area contributed by atoms with Crippen LogP contribution in [-0.2, 0) is 20.8 Å². The number of oxime groups is 1. The third-order valence-electron chi connectivity index (χ3n) is 6.13. The molecule has 1 unspecified atom stereocenters. The minimum absolute atomic E-state index is 0.0155. The summed E-state index contributed by atoms with van der Waals surface area (Å²) in [6.45, 7) is 11.8. The summed E-state index contributed by atoms with van der Waals surface area (Å²) in [6, 6.07) is 8.69. The lowest BCUT2D eigenvalue weighted by atomic mass is 9.95. The summed E-state index contributed by atoms with van der Waals surface area (Å²) in [6.07, 6.45) is 12.8. The van der Waals surface area contributed by atoms with Crippen LogP contribution in [0.5, 0.6) is 0 Å². The Morgan fingerprint density at radius 1 is 1.03 bits per heavy atom. The van der Waals surface area contributed by atoms with Crippen molar-refractivity contribution in [1.29, 1.82) is 0 Å². The largest absolute Gasteiger partial charge is 0.370 e. The normalized spacial score (nSPS) is 12.4. The smallest absolute Gasteiger partial charge is 0.246 e.